The Balaban J connectivity index is 2.23. The van der Waals surface area contributed by atoms with Crippen LogP contribution < -0.4 is 5.32 Å². The first-order valence-corrected chi connectivity index (χ1v) is 5.22. The highest BCUT2D eigenvalue weighted by molar-refractivity contribution is 5.14. The molecule has 0 spiro atoms. The molecule has 2 heterocycles. The molecule has 3 heteroatoms. The van der Waals surface area contributed by atoms with E-state index in [1.165, 1.54) is 12.1 Å². The number of aromatic nitrogens is 2. The molecule has 1 saturated heterocycles. The molecule has 0 aliphatic carbocycles. The third kappa shape index (κ3) is 1.77. The quantitative estimate of drug-likeness (QED) is 0.733. The van der Waals surface area contributed by atoms with Gasteiger partial charge in [0, 0.05) is 29.9 Å². The van der Waals surface area contributed by atoms with E-state index in [-0.39, 0.29) is 0 Å². The first kappa shape index (κ1) is 9.59. The van der Waals surface area contributed by atoms with Gasteiger partial charge in [-0.25, -0.2) is 9.97 Å². The van der Waals surface area contributed by atoms with Gasteiger partial charge < -0.3 is 5.32 Å². The molecule has 0 saturated carbocycles. The molecule has 2 rings (SSSR count). The Morgan fingerprint density at radius 2 is 2.21 bits per heavy atom. The lowest BCUT2D eigenvalue weighted by molar-refractivity contribution is 0.567. The van der Waals surface area contributed by atoms with E-state index in [1.807, 2.05) is 19.2 Å². The fourth-order valence-corrected chi connectivity index (χ4v) is 2.28. The third-order valence-corrected chi connectivity index (χ3v) is 2.94. The van der Waals surface area contributed by atoms with Crippen molar-refractivity contribution in [2.24, 2.45) is 0 Å². The molecule has 1 aromatic heterocycles. The molecule has 1 aliphatic heterocycles. The summed E-state index contributed by atoms with van der Waals surface area (Å²) in [5, 5.41) is 3.52. The second-order valence-corrected chi connectivity index (χ2v) is 4.23. The summed E-state index contributed by atoms with van der Waals surface area (Å²) in [6.45, 7) is 6.40. The van der Waals surface area contributed by atoms with Crippen LogP contribution in [0.5, 0.6) is 0 Å². The lowest BCUT2D eigenvalue weighted by atomic mass is 9.96. The lowest BCUT2D eigenvalue weighted by Gasteiger charge is -2.13. The highest BCUT2D eigenvalue weighted by Crippen LogP contribution is 2.28. The van der Waals surface area contributed by atoms with Crippen molar-refractivity contribution in [3.63, 3.8) is 0 Å². The maximum Gasteiger partial charge on any atom is 0.125 e. The van der Waals surface area contributed by atoms with E-state index in [0.717, 1.165) is 5.82 Å². The van der Waals surface area contributed by atoms with Crippen LogP contribution in [0.25, 0.3) is 0 Å². The topological polar surface area (TPSA) is 37.8 Å². The predicted octanol–water partition coefficient (Wildman–Crippen LogP) is 1.64. The van der Waals surface area contributed by atoms with E-state index in [0.29, 0.717) is 18.0 Å². The summed E-state index contributed by atoms with van der Waals surface area (Å²) in [5.74, 6) is 1.42. The number of nitrogens with one attached hydrogen (secondary N) is 1. The van der Waals surface area contributed by atoms with E-state index in [1.54, 1.807) is 0 Å². The smallest absolute Gasteiger partial charge is 0.125 e. The number of nitrogens with zero attached hydrogens (tertiary/aromatic N) is 2. The molecule has 14 heavy (non-hydrogen) atoms. The highest BCUT2D eigenvalue weighted by atomic mass is 15.0. The van der Waals surface area contributed by atoms with Crippen LogP contribution in [-0.2, 0) is 0 Å². The zero-order chi connectivity index (χ0) is 10.1. The van der Waals surface area contributed by atoms with Gasteiger partial charge in [-0.05, 0) is 33.3 Å². The number of hydrogen-bond acceptors (Lipinski definition) is 3. The Labute approximate surface area is 85.0 Å². The van der Waals surface area contributed by atoms with Crippen molar-refractivity contribution in [3.8, 4) is 0 Å². The Hall–Kier alpha value is -0.960. The molecule has 3 nitrogen and oxygen atoms in total. The molecule has 76 valence electrons. The van der Waals surface area contributed by atoms with Gasteiger partial charge in [-0.15, -0.1) is 0 Å². The van der Waals surface area contributed by atoms with Gasteiger partial charge in [-0.2, -0.15) is 0 Å². The van der Waals surface area contributed by atoms with Gasteiger partial charge in [0.05, 0.1) is 0 Å². The molecule has 1 N–H and O–H groups in total. The third-order valence-electron chi connectivity index (χ3n) is 2.94. The largest absolute Gasteiger partial charge is 0.311 e. The number of aryl methyl sites for hydroxylation is 1. The monoisotopic (exact) mass is 191 g/mol. The summed E-state index contributed by atoms with van der Waals surface area (Å²) in [7, 11) is 0. The summed E-state index contributed by atoms with van der Waals surface area (Å²) < 4.78 is 0. The van der Waals surface area contributed by atoms with Crippen LogP contribution in [0.3, 0.4) is 0 Å². The van der Waals surface area contributed by atoms with Crippen LogP contribution in [0.15, 0.2) is 12.3 Å². The lowest BCUT2D eigenvalue weighted by Crippen LogP contribution is -2.26. The summed E-state index contributed by atoms with van der Waals surface area (Å²) >= 11 is 0. The maximum absolute atomic E-state index is 4.49. The van der Waals surface area contributed by atoms with E-state index in [9.17, 15) is 0 Å². The predicted molar refractivity (Wildman–Crippen MR) is 56.2 cm³/mol. The van der Waals surface area contributed by atoms with Crippen molar-refractivity contribution < 1.29 is 0 Å². The standard InChI is InChI=1S/C11H17N3/c1-7-6-10(8(2)13-7)11-4-5-12-9(3)14-11/h4-5,7-8,10,13H,6H2,1-3H3. The molecule has 3 unspecified atom stereocenters. The highest BCUT2D eigenvalue weighted by Gasteiger charge is 2.30. The van der Waals surface area contributed by atoms with Crippen molar-refractivity contribution in [1.82, 2.24) is 15.3 Å². The van der Waals surface area contributed by atoms with Gasteiger partial charge in [0.15, 0.2) is 0 Å². The molecule has 0 aromatic carbocycles. The molecular weight excluding hydrogens is 174 g/mol. The van der Waals surface area contributed by atoms with Crippen LogP contribution in [0, 0.1) is 6.92 Å². The van der Waals surface area contributed by atoms with Gasteiger partial charge in [0.1, 0.15) is 5.82 Å². The van der Waals surface area contributed by atoms with E-state index >= 15 is 0 Å². The molecule has 0 bridgehead atoms. The fourth-order valence-electron chi connectivity index (χ4n) is 2.28. The van der Waals surface area contributed by atoms with Gasteiger partial charge in [-0.1, -0.05) is 0 Å². The first-order chi connectivity index (χ1) is 6.66. The number of rotatable bonds is 1. The fraction of sp³-hybridized carbons (Fsp3) is 0.636. The average Bonchev–Trinajstić information content (AvgIpc) is 2.45. The van der Waals surface area contributed by atoms with Gasteiger partial charge in [0.2, 0.25) is 0 Å². The SMILES string of the molecule is Cc1nccc(C2CC(C)NC2C)n1. The van der Waals surface area contributed by atoms with Crippen molar-refractivity contribution in [2.45, 2.75) is 45.2 Å². The molecule has 1 fully saturated rings. The molecule has 1 aromatic rings. The normalized spacial score (nSPS) is 32.1. The Bertz CT molecular complexity index is 324. The average molecular weight is 191 g/mol. The zero-order valence-corrected chi connectivity index (χ0v) is 8.99. The van der Waals surface area contributed by atoms with Crippen molar-refractivity contribution in [3.05, 3.63) is 23.8 Å². The second-order valence-electron chi connectivity index (χ2n) is 4.23. The molecule has 3 atom stereocenters. The summed E-state index contributed by atoms with van der Waals surface area (Å²) in [4.78, 5) is 8.61. The first-order valence-electron chi connectivity index (χ1n) is 5.22. The summed E-state index contributed by atoms with van der Waals surface area (Å²) in [6, 6.07) is 3.16. The molecule has 1 aliphatic rings. The van der Waals surface area contributed by atoms with Gasteiger partial charge in [-0.3, -0.25) is 0 Å². The van der Waals surface area contributed by atoms with Crippen LogP contribution in [-0.4, -0.2) is 22.1 Å². The summed E-state index contributed by atoms with van der Waals surface area (Å²) in [6.07, 6.45) is 3.03. The molecule has 0 amide bonds. The minimum atomic E-state index is 0.527. The van der Waals surface area contributed by atoms with E-state index < -0.39 is 0 Å². The Morgan fingerprint density at radius 3 is 2.79 bits per heavy atom. The van der Waals surface area contributed by atoms with Crippen LogP contribution in [0.1, 0.15) is 37.7 Å². The van der Waals surface area contributed by atoms with Crippen molar-refractivity contribution in [2.75, 3.05) is 0 Å². The van der Waals surface area contributed by atoms with E-state index in [2.05, 4.69) is 29.1 Å². The minimum Gasteiger partial charge on any atom is -0.311 e. The van der Waals surface area contributed by atoms with Crippen LogP contribution in [0.2, 0.25) is 0 Å². The number of hydrogen-bond donors (Lipinski definition) is 1. The Morgan fingerprint density at radius 1 is 1.43 bits per heavy atom. The van der Waals surface area contributed by atoms with Gasteiger partial charge >= 0.3 is 0 Å². The summed E-state index contributed by atoms with van der Waals surface area (Å²) in [5.41, 5.74) is 1.18. The zero-order valence-electron chi connectivity index (χ0n) is 8.99. The van der Waals surface area contributed by atoms with E-state index in [4.69, 9.17) is 0 Å². The van der Waals surface area contributed by atoms with Gasteiger partial charge in [0.25, 0.3) is 0 Å². The van der Waals surface area contributed by atoms with Crippen LogP contribution >= 0.6 is 0 Å². The minimum absolute atomic E-state index is 0.527. The maximum atomic E-state index is 4.49. The Kier molecular flexibility index (Phi) is 2.50. The van der Waals surface area contributed by atoms with Crippen molar-refractivity contribution >= 4 is 0 Å². The van der Waals surface area contributed by atoms with Crippen LogP contribution in [0.4, 0.5) is 0 Å². The molecule has 0 radical (unpaired) electrons. The van der Waals surface area contributed by atoms with Crippen molar-refractivity contribution in [1.29, 1.82) is 0 Å². The molecular formula is C11H17N3. The second kappa shape index (κ2) is 3.65.